The molecule has 0 saturated carbocycles. The third kappa shape index (κ3) is 4.83. The molecule has 8 nitrogen and oxygen atoms in total. The van der Waals surface area contributed by atoms with E-state index < -0.39 is 6.04 Å². The van der Waals surface area contributed by atoms with Crippen LogP contribution in [0.4, 0.5) is 11.4 Å². The Morgan fingerprint density at radius 3 is 2.42 bits per heavy atom. The second-order valence-electron chi connectivity index (χ2n) is 8.12. The van der Waals surface area contributed by atoms with Gasteiger partial charge in [-0.3, -0.25) is 19.3 Å². The monoisotopic (exact) mass is 466 g/mol. The first kappa shape index (κ1) is 22.7. The quantitative estimate of drug-likeness (QED) is 0.632. The highest BCUT2D eigenvalue weighted by Crippen LogP contribution is 2.26. The van der Waals surface area contributed by atoms with Crippen LogP contribution in [0, 0.1) is 0 Å². The van der Waals surface area contributed by atoms with Gasteiger partial charge in [0.2, 0.25) is 11.8 Å². The van der Waals surface area contributed by atoms with E-state index in [1.165, 1.54) is 4.90 Å². The summed E-state index contributed by atoms with van der Waals surface area (Å²) in [6.07, 6.45) is 1.44. The van der Waals surface area contributed by atoms with Gasteiger partial charge in [-0.1, -0.05) is 12.1 Å². The van der Waals surface area contributed by atoms with Crippen molar-refractivity contribution in [1.82, 2.24) is 9.80 Å². The van der Waals surface area contributed by atoms with E-state index in [-0.39, 0.29) is 24.1 Å². The number of nitrogens with one attached hydrogen (secondary N) is 1. The van der Waals surface area contributed by atoms with Gasteiger partial charge < -0.3 is 19.9 Å². The van der Waals surface area contributed by atoms with Crippen LogP contribution < -0.4 is 15.0 Å². The Hall–Kier alpha value is -3.46. The molecule has 0 aliphatic carbocycles. The second-order valence-corrected chi connectivity index (χ2v) is 8.48. The van der Waals surface area contributed by atoms with Crippen molar-refractivity contribution >= 4 is 46.4 Å². The molecule has 2 aliphatic rings. The second kappa shape index (κ2) is 9.58. The number of rotatable bonds is 7. The topological polar surface area (TPSA) is 82.2 Å². The SMILES string of the molecule is COc1ccc(NC(=O)C[C@H]2C(=O)N(C)C(=S)N2Cc2ccc(N3CCCC3=O)cc2)cc1. The lowest BCUT2D eigenvalue weighted by atomic mass is 10.1. The minimum Gasteiger partial charge on any atom is -0.497 e. The lowest BCUT2D eigenvalue weighted by Gasteiger charge is -2.24. The number of likely N-dealkylation sites (N-methyl/N-ethyl adjacent to an activating group) is 1. The molecule has 2 saturated heterocycles. The van der Waals surface area contributed by atoms with Gasteiger partial charge in [0.25, 0.3) is 5.91 Å². The Bertz CT molecular complexity index is 1070. The van der Waals surface area contributed by atoms with Crippen molar-refractivity contribution < 1.29 is 19.1 Å². The van der Waals surface area contributed by atoms with Crippen LogP contribution >= 0.6 is 12.2 Å². The maximum Gasteiger partial charge on any atom is 0.251 e. The van der Waals surface area contributed by atoms with E-state index in [4.69, 9.17) is 17.0 Å². The molecule has 1 N–H and O–H groups in total. The van der Waals surface area contributed by atoms with Crippen LogP contribution in [0.2, 0.25) is 0 Å². The molecule has 9 heteroatoms. The zero-order valence-corrected chi connectivity index (χ0v) is 19.4. The van der Waals surface area contributed by atoms with Crippen molar-refractivity contribution in [2.75, 3.05) is 30.9 Å². The van der Waals surface area contributed by atoms with E-state index in [9.17, 15) is 14.4 Å². The molecule has 0 bridgehead atoms. The molecule has 4 rings (SSSR count). The molecule has 0 radical (unpaired) electrons. The standard InChI is InChI=1S/C24H26N4O4S/c1-26-23(31)20(14-21(29)25-17-7-11-19(32-2)12-8-17)28(24(26)33)15-16-5-9-18(10-6-16)27-13-3-4-22(27)30/h5-12,20H,3-4,13-15H2,1-2H3,(H,25,29)/t20-/m0/s1. The van der Waals surface area contributed by atoms with Crippen LogP contribution in [-0.2, 0) is 20.9 Å². The van der Waals surface area contributed by atoms with E-state index in [0.29, 0.717) is 29.5 Å². The summed E-state index contributed by atoms with van der Waals surface area (Å²) >= 11 is 5.49. The summed E-state index contributed by atoms with van der Waals surface area (Å²) in [5, 5.41) is 3.21. The summed E-state index contributed by atoms with van der Waals surface area (Å²) in [5.41, 5.74) is 2.44. The van der Waals surface area contributed by atoms with E-state index in [1.807, 2.05) is 24.3 Å². The number of hydrogen-bond acceptors (Lipinski definition) is 5. The van der Waals surface area contributed by atoms with Crippen LogP contribution in [0.1, 0.15) is 24.8 Å². The highest BCUT2D eigenvalue weighted by Gasteiger charge is 2.41. The minimum absolute atomic E-state index is 0.0181. The van der Waals surface area contributed by atoms with Crippen LogP contribution in [0.25, 0.3) is 0 Å². The number of ether oxygens (including phenoxy) is 1. The molecule has 2 heterocycles. The lowest BCUT2D eigenvalue weighted by molar-refractivity contribution is -0.130. The fourth-order valence-electron chi connectivity index (χ4n) is 4.11. The van der Waals surface area contributed by atoms with Crippen LogP contribution in [0.3, 0.4) is 0 Å². The van der Waals surface area contributed by atoms with Crippen molar-refractivity contribution in [2.24, 2.45) is 0 Å². The zero-order valence-electron chi connectivity index (χ0n) is 18.6. The third-order valence-corrected chi connectivity index (χ3v) is 6.46. The van der Waals surface area contributed by atoms with Gasteiger partial charge in [-0.25, -0.2) is 0 Å². The summed E-state index contributed by atoms with van der Waals surface area (Å²) in [7, 11) is 3.20. The number of thiocarbonyl (C=S) groups is 1. The largest absolute Gasteiger partial charge is 0.497 e. The first-order valence-corrected chi connectivity index (χ1v) is 11.2. The molecule has 2 fully saturated rings. The average molecular weight is 467 g/mol. The van der Waals surface area contributed by atoms with E-state index >= 15 is 0 Å². The summed E-state index contributed by atoms with van der Waals surface area (Å²) in [6.45, 7) is 1.13. The Labute approximate surface area is 198 Å². The van der Waals surface area contributed by atoms with Gasteiger partial charge in [-0.15, -0.1) is 0 Å². The summed E-state index contributed by atoms with van der Waals surface area (Å²) in [6, 6.07) is 14.0. The molecular formula is C24H26N4O4S. The molecule has 2 aromatic carbocycles. The summed E-state index contributed by atoms with van der Waals surface area (Å²) in [5.74, 6) is 0.351. The minimum atomic E-state index is -0.680. The van der Waals surface area contributed by atoms with Crippen molar-refractivity contribution in [1.29, 1.82) is 0 Å². The molecule has 2 aliphatic heterocycles. The maximum absolute atomic E-state index is 12.8. The third-order valence-electron chi connectivity index (χ3n) is 5.95. The number of hydrogen-bond donors (Lipinski definition) is 1. The lowest BCUT2D eigenvalue weighted by Crippen LogP contribution is -2.37. The van der Waals surface area contributed by atoms with Gasteiger partial charge in [-0.05, 0) is 60.6 Å². The fourth-order valence-corrected chi connectivity index (χ4v) is 4.40. The van der Waals surface area contributed by atoms with Crippen molar-refractivity contribution in [3.8, 4) is 5.75 Å². The number of carbonyl (C=O) groups excluding carboxylic acids is 3. The molecular weight excluding hydrogens is 440 g/mol. The molecule has 0 spiro atoms. The van der Waals surface area contributed by atoms with Crippen LogP contribution in [0.5, 0.6) is 5.75 Å². The highest BCUT2D eigenvalue weighted by atomic mass is 32.1. The maximum atomic E-state index is 12.8. The number of methoxy groups -OCH3 is 1. The van der Waals surface area contributed by atoms with Gasteiger partial charge in [0.05, 0.1) is 13.5 Å². The Kier molecular flexibility index (Phi) is 6.60. The summed E-state index contributed by atoms with van der Waals surface area (Å²) < 4.78 is 5.13. The molecule has 33 heavy (non-hydrogen) atoms. The first-order chi connectivity index (χ1) is 15.9. The van der Waals surface area contributed by atoms with Gasteiger partial charge in [-0.2, -0.15) is 0 Å². The highest BCUT2D eigenvalue weighted by molar-refractivity contribution is 7.80. The van der Waals surface area contributed by atoms with E-state index in [0.717, 1.165) is 24.2 Å². The average Bonchev–Trinajstić information content (AvgIpc) is 3.33. The van der Waals surface area contributed by atoms with Crippen LogP contribution in [0.15, 0.2) is 48.5 Å². The Balaban J connectivity index is 1.44. The van der Waals surface area contributed by atoms with E-state index in [2.05, 4.69) is 5.32 Å². The number of anilines is 2. The van der Waals surface area contributed by atoms with Crippen molar-refractivity contribution in [2.45, 2.75) is 31.8 Å². The van der Waals surface area contributed by atoms with Crippen LogP contribution in [-0.4, -0.2) is 59.4 Å². The number of nitrogens with zero attached hydrogens (tertiary/aromatic N) is 3. The molecule has 1 atom stereocenters. The number of benzene rings is 2. The smallest absolute Gasteiger partial charge is 0.251 e. The Morgan fingerprint density at radius 1 is 1.12 bits per heavy atom. The predicted octanol–water partition coefficient (Wildman–Crippen LogP) is 2.78. The molecule has 3 amide bonds. The van der Waals surface area contributed by atoms with Crippen molar-refractivity contribution in [3.63, 3.8) is 0 Å². The normalized spacial score (nSPS) is 18.3. The number of amides is 3. The zero-order chi connectivity index (χ0) is 23.5. The first-order valence-electron chi connectivity index (χ1n) is 10.8. The number of carbonyl (C=O) groups is 3. The summed E-state index contributed by atoms with van der Waals surface area (Å²) in [4.78, 5) is 42.4. The van der Waals surface area contributed by atoms with Gasteiger partial charge in [0.1, 0.15) is 11.8 Å². The Morgan fingerprint density at radius 2 is 1.82 bits per heavy atom. The van der Waals surface area contributed by atoms with Gasteiger partial charge in [0, 0.05) is 37.9 Å². The predicted molar refractivity (Wildman–Crippen MR) is 129 cm³/mol. The van der Waals surface area contributed by atoms with Crippen molar-refractivity contribution in [3.05, 3.63) is 54.1 Å². The van der Waals surface area contributed by atoms with Gasteiger partial charge >= 0.3 is 0 Å². The molecule has 0 unspecified atom stereocenters. The molecule has 2 aromatic rings. The van der Waals surface area contributed by atoms with Gasteiger partial charge in [0.15, 0.2) is 5.11 Å². The van der Waals surface area contributed by atoms with E-state index in [1.54, 1.807) is 48.2 Å². The fraction of sp³-hybridized carbons (Fsp3) is 0.333. The molecule has 0 aromatic heterocycles. The molecule has 172 valence electrons.